The summed E-state index contributed by atoms with van der Waals surface area (Å²) in [6.45, 7) is -13.7. The maximum atomic E-state index is 13.1. The van der Waals surface area contributed by atoms with Crippen molar-refractivity contribution in [3.63, 3.8) is 0 Å². The third-order valence-electron chi connectivity index (χ3n) is 10.7. The first-order valence-corrected chi connectivity index (χ1v) is 19.7. The molecule has 4 nitrogen and oxygen atoms in total. The SMILES string of the molecule is [2H]c1nc(-c2[c-]c(-c3cccc4c3nc(-c3cc(C(C([2H])([2H])[2H])(C([2H])([2H])[2H])C([2H])([2H])[2H])cc(C(C([2H])([2H])[2H])(C([2H])([2H])[2H])C([2H])([2H])[2H])c3O)n4-c3ccc(C(C)(C)C)cc3-c3ccccc3)cc(C(C)(C)C)c2)c([2H])c(-c2c([2H])c([2H])c([2H])c([2H])c2[2H])c1[2H].[Pt]. The zero-order valence-electron chi connectivity index (χ0n) is 61.3. The van der Waals surface area contributed by atoms with Crippen molar-refractivity contribution in [2.45, 2.75) is 104 Å². The molecule has 2 aromatic heterocycles. The van der Waals surface area contributed by atoms with Crippen molar-refractivity contribution < 1.29 is 61.8 Å². The second-order valence-corrected chi connectivity index (χ2v) is 17.4. The summed E-state index contributed by atoms with van der Waals surface area (Å²) >= 11 is 0. The van der Waals surface area contributed by atoms with E-state index in [4.69, 9.17) is 39.3 Å². The van der Waals surface area contributed by atoms with Gasteiger partial charge in [-0.05, 0) is 79.8 Å². The minimum atomic E-state index is -4.24. The molecule has 8 rings (SSSR count). The Morgan fingerprint density at radius 1 is 0.603 bits per heavy atom. The van der Waals surface area contributed by atoms with Crippen LogP contribution in [0.15, 0.2) is 139 Å². The molecular formula is C58H60N3OPt-. The van der Waals surface area contributed by atoms with Crippen molar-refractivity contribution in [3.05, 3.63) is 168 Å². The molecule has 0 atom stereocenters. The molecule has 0 spiro atoms. The van der Waals surface area contributed by atoms with Crippen LogP contribution < -0.4 is 0 Å². The Bertz CT molecular complexity index is 3980. The fourth-order valence-corrected chi connectivity index (χ4v) is 7.32. The van der Waals surface area contributed by atoms with Gasteiger partial charge in [0.25, 0.3) is 0 Å². The molecule has 0 bridgehead atoms. The van der Waals surface area contributed by atoms with Gasteiger partial charge in [0.05, 0.1) is 33.3 Å². The second-order valence-electron chi connectivity index (χ2n) is 17.4. The first kappa shape index (κ1) is 22.9. The van der Waals surface area contributed by atoms with E-state index in [0.29, 0.717) is 22.8 Å². The van der Waals surface area contributed by atoms with Crippen LogP contribution in [0.3, 0.4) is 0 Å². The zero-order chi connectivity index (χ0) is 66.3. The van der Waals surface area contributed by atoms with Crippen molar-refractivity contribution in [2.75, 3.05) is 0 Å². The van der Waals surface area contributed by atoms with Gasteiger partial charge in [0.15, 0.2) is 0 Å². The molecule has 6 aromatic carbocycles. The molecule has 0 aliphatic carbocycles. The van der Waals surface area contributed by atoms with Crippen LogP contribution in [-0.4, -0.2) is 19.6 Å². The number of pyridine rings is 1. The van der Waals surface area contributed by atoms with E-state index < -0.39 is 151 Å². The van der Waals surface area contributed by atoms with Crippen LogP contribution >= 0.6 is 0 Å². The maximum Gasteiger partial charge on any atom is 0.148 e. The molecule has 0 saturated carbocycles. The number of hydrogen-bond acceptors (Lipinski definition) is 3. The normalized spacial score (nSPS) is 19.6. The molecule has 8 aromatic rings. The molecule has 1 N–H and O–H groups in total. The Hall–Kier alpha value is -5.57. The maximum absolute atomic E-state index is 13.1. The first-order valence-electron chi connectivity index (χ1n) is 32.7. The molecule has 63 heavy (non-hydrogen) atoms. The third-order valence-corrected chi connectivity index (χ3v) is 10.7. The van der Waals surface area contributed by atoms with Gasteiger partial charge in [0, 0.05) is 68.7 Å². The van der Waals surface area contributed by atoms with E-state index in [1.165, 1.54) is 4.57 Å². The number of phenols is 1. The second kappa shape index (κ2) is 16.9. The van der Waals surface area contributed by atoms with Crippen LogP contribution in [-0.2, 0) is 42.7 Å². The summed E-state index contributed by atoms with van der Waals surface area (Å²) in [5.74, 6) is -2.03. The molecular weight excluding hydrogens is 950 g/mol. The standard InChI is InChI=1S/C58H60N3O.Pt/c1-55(2,3)42-26-27-50(46(34-42)38-22-17-14-18-23-38)61-51-25-19-24-45(52(51)60-54(61)47-35-44(57(7,8)9)36-48(53(47)62)58(10,11)12)40-30-41(32-43(31-40)56(4,5)6)49-33-39(28-29-59-49)37-20-15-13-16-21-37;/h13-29,31-36,62H,1-12H3;/q-1;/i7D3,8D3,9D3,10D3,11D3,12D3,13D,15D,16D,20D,21D,28D,29D,33D;. The third kappa shape index (κ3) is 9.11. The number of imidazole rings is 1. The molecule has 0 unspecified atom stereocenters. The molecule has 0 aliphatic heterocycles. The van der Waals surface area contributed by atoms with Crippen molar-refractivity contribution in [3.8, 4) is 67.5 Å². The Labute approximate surface area is 426 Å². The number of phenolic OH excluding ortho intramolecular Hbond substituents is 1. The number of para-hydroxylation sites is 1. The Morgan fingerprint density at radius 2 is 1.27 bits per heavy atom. The number of benzene rings is 6. The van der Waals surface area contributed by atoms with Gasteiger partial charge < -0.3 is 5.11 Å². The molecule has 0 fully saturated rings. The van der Waals surface area contributed by atoms with E-state index in [9.17, 15) is 6.48 Å². The molecule has 0 radical (unpaired) electrons. The fourth-order valence-electron chi connectivity index (χ4n) is 7.32. The van der Waals surface area contributed by atoms with Gasteiger partial charge in [-0.15, -0.1) is 29.3 Å². The quantitative estimate of drug-likeness (QED) is 0.169. The van der Waals surface area contributed by atoms with Crippen LogP contribution in [0.25, 0.3) is 72.7 Å². The molecule has 0 saturated heterocycles. The summed E-state index contributed by atoms with van der Waals surface area (Å²) in [5, 5.41) is 13.1. The summed E-state index contributed by atoms with van der Waals surface area (Å²) in [7, 11) is 0. The summed E-state index contributed by atoms with van der Waals surface area (Å²) in [6.07, 6.45) is -0.735. The number of aromatic hydroxyl groups is 1. The Kier molecular flexibility index (Phi) is 6.12. The number of fused-ring (bicyclic) bond motifs is 1. The molecule has 0 amide bonds. The smallest absolute Gasteiger partial charge is 0.148 e. The predicted octanol–water partition coefficient (Wildman–Crippen LogP) is 15.4. The number of hydrogen-bond donors (Lipinski definition) is 1. The van der Waals surface area contributed by atoms with E-state index in [-0.39, 0.29) is 66.2 Å². The van der Waals surface area contributed by atoms with Gasteiger partial charge in [0.1, 0.15) is 11.6 Å². The van der Waals surface area contributed by atoms with Crippen molar-refractivity contribution in [2.24, 2.45) is 0 Å². The Morgan fingerprint density at radius 3 is 1.95 bits per heavy atom. The average molecular weight is 1040 g/mol. The number of aromatic nitrogens is 3. The van der Waals surface area contributed by atoms with Crippen LogP contribution in [0.4, 0.5) is 0 Å². The van der Waals surface area contributed by atoms with Gasteiger partial charge in [-0.1, -0.05) is 185 Å². The molecule has 0 aliphatic rings. The summed E-state index contributed by atoms with van der Waals surface area (Å²) < 4.78 is 229. The molecule has 324 valence electrons. The average Bonchev–Trinajstić information content (AvgIpc) is 1.14. The van der Waals surface area contributed by atoms with Gasteiger partial charge in [0.2, 0.25) is 0 Å². The summed E-state index contributed by atoms with van der Waals surface area (Å²) in [6, 6.07) is 21.0. The summed E-state index contributed by atoms with van der Waals surface area (Å²) in [4.78, 5) is 9.41. The first-order chi connectivity index (χ1) is 40.0. The van der Waals surface area contributed by atoms with Gasteiger partial charge in [-0.3, -0.25) is 9.55 Å². The molecule has 5 heteroatoms. The van der Waals surface area contributed by atoms with E-state index in [1.807, 2.05) is 47.6 Å². The van der Waals surface area contributed by atoms with Gasteiger partial charge in [-0.2, -0.15) is 0 Å². The number of nitrogens with zero attached hydrogens (tertiary/aromatic N) is 3. The van der Waals surface area contributed by atoms with Crippen LogP contribution in [0.1, 0.15) is 141 Å². The van der Waals surface area contributed by atoms with E-state index >= 15 is 0 Å². The fraction of sp³-hybridized carbons (Fsp3) is 0.276. The predicted molar refractivity (Wildman–Crippen MR) is 261 cm³/mol. The number of rotatable bonds is 6. The van der Waals surface area contributed by atoms with E-state index in [2.05, 4.69) is 11.1 Å². The van der Waals surface area contributed by atoms with Crippen molar-refractivity contribution >= 4 is 11.0 Å². The van der Waals surface area contributed by atoms with Crippen LogP contribution in [0.2, 0.25) is 0 Å². The van der Waals surface area contributed by atoms with Crippen LogP contribution in [0, 0.1) is 6.07 Å². The summed E-state index contributed by atoms with van der Waals surface area (Å²) in [5.41, 5.74) is -12.0. The minimum absolute atomic E-state index is 0. The Balaban J connectivity index is 0.0000113. The topological polar surface area (TPSA) is 50.9 Å². The van der Waals surface area contributed by atoms with Crippen molar-refractivity contribution in [1.29, 1.82) is 0 Å². The monoisotopic (exact) mass is 1040 g/mol. The minimum Gasteiger partial charge on any atom is -0.507 e. The van der Waals surface area contributed by atoms with Gasteiger partial charge in [-0.25, -0.2) is 4.98 Å². The molecule has 2 heterocycles. The largest absolute Gasteiger partial charge is 0.507 e. The van der Waals surface area contributed by atoms with Crippen molar-refractivity contribution in [1.82, 2.24) is 14.5 Å². The zero-order valence-corrected chi connectivity index (χ0v) is 37.5. The van der Waals surface area contributed by atoms with Gasteiger partial charge >= 0.3 is 0 Å². The van der Waals surface area contributed by atoms with E-state index in [0.717, 1.165) is 5.56 Å². The van der Waals surface area contributed by atoms with Crippen LogP contribution in [0.5, 0.6) is 5.75 Å². The van der Waals surface area contributed by atoms with E-state index in [1.54, 1.807) is 72.8 Å².